The van der Waals surface area contributed by atoms with Gasteiger partial charge in [0.25, 0.3) is 0 Å². The Morgan fingerprint density at radius 2 is 0.726 bits per heavy atom. The zero-order valence-electron chi connectivity index (χ0n) is 42.1. The molecule has 3 aliphatic heterocycles. The van der Waals surface area contributed by atoms with Gasteiger partial charge in [-0.05, 0) is 61.1 Å². The van der Waals surface area contributed by atoms with Crippen LogP contribution in [0.5, 0.6) is 0 Å². The molecule has 6 aromatic rings. The summed E-state index contributed by atoms with van der Waals surface area (Å²) < 4.78 is 85.1. The predicted octanol–water partition coefficient (Wildman–Crippen LogP) is 11.8. The summed E-state index contributed by atoms with van der Waals surface area (Å²) >= 11 is 5.06. The van der Waals surface area contributed by atoms with Gasteiger partial charge in [0.1, 0.15) is 54.3 Å². The highest BCUT2D eigenvalue weighted by atomic mass is 32.1. The molecule has 3 saturated heterocycles. The lowest BCUT2D eigenvalue weighted by Gasteiger charge is -2.50. The van der Waals surface area contributed by atoms with E-state index < -0.39 is 78.2 Å². The molecule has 9 rings (SSSR count). The number of ether oxygens (including phenoxy) is 9. The Bertz CT molecular complexity index is 2600. The smallest absolute Gasteiger partial charge is 0.216 e. The molecular formula is C60H69O11PS. The van der Waals surface area contributed by atoms with Gasteiger partial charge >= 0.3 is 0 Å². The molecule has 0 radical (unpaired) electrons. The molecule has 3 heterocycles. The van der Waals surface area contributed by atoms with E-state index in [1.165, 1.54) is 0 Å². The number of benzene rings is 6. The van der Waals surface area contributed by atoms with Crippen LogP contribution >= 0.6 is 20.0 Å². The first-order valence-electron chi connectivity index (χ1n) is 25.3. The van der Waals surface area contributed by atoms with Crippen LogP contribution in [0.3, 0.4) is 0 Å². The number of hydrogen-bond acceptors (Lipinski definition) is 12. The van der Waals surface area contributed by atoms with Crippen molar-refractivity contribution in [1.82, 2.24) is 0 Å². The maximum atomic E-state index is 15.5. The van der Waals surface area contributed by atoms with E-state index in [0.717, 1.165) is 33.4 Å². The third-order valence-electron chi connectivity index (χ3n) is 14.6. The van der Waals surface area contributed by atoms with Gasteiger partial charge < -0.3 is 47.2 Å². The zero-order valence-corrected chi connectivity index (χ0v) is 43.9. The first-order chi connectivity index (χ1) is 35.5. The third kappa shape index (κ3) is 13.0. The summed E-state index contributed by atoms with van der Waals surface area (Å²) in [6.07, 6.45) is -8.03. The van der Waals surface area contributed by atoms with E-state index in [4.69, 9.17) is 59.8 Å². The van der Waals surface area contributed by atoms with Gasteiger partial charge in [0.15, 0.2) is 6.29 Å². The van der Waals surface area contributed by atoms with Crippen LogP contribution in [0.25, 0.3) is 0 Å². The largest absolute Gasteiger partial charge is 0.374 e. The highest BCUT2D eigenvalue weighted by Crippen LogP contribution is 2.90. The number of thiol groups is 1. The van der Waals surface area contributed by atoms with Gasteiger partial charge in [0.05, 0.1) is 63.2 Å². The van der Waals surface area contributed by atoms with Crippen molar-refractivity contribution in [3.63, 3.8) is 0 Å². The molecular weight excluding hydrogens is 960 g/mol. The van der Waals surface area contributed by atoms with E-state index in [0.29, 0.717) is 13.2 Å². The quantitative estimate of drug-likeness (QED) is 0.0462. The fourth-order valence-electron chi connectivity index (χ4n) is 9.65. The highest BCUT2D eigenvalue weighted by molar-refractivity contribution is 7.80. The molecule has 11 nitrogen and oxygen atoms in total. The Hall–Kier alpha value is -4.50. The maximum Gasteiger partial charge on any atom is 0.216 e. The molecule has 0 bridgehead atoms. The average Bonchev–Trinajstić information content (AvgIpc) is 3.73. The first kappa shape index (κ1) is 53.3. The molecule has 386 valence electrons. The van der Waals surface area contributed by atoms with Crippen molar-refractivity contribution in [2.45, 2.75) is 138 Å². The second kappa shape index (κ2) is 24.9. The first-order valence-corrected chi connectivity index (χ1v) is 27.4. The fourth-order valence-corrected chi connectivity index (χ4v) is 13.6. The van der Waals surface area contributed by atoms with E-state index in [9.17, 15) is 0 Å². The number of rotatable bonds is 24. The van der Waals surface area contributed by atoms with Crippen LogP contribution in [0.2, 0.25) is 0 Å². The second-order valence-corrected chi connectivity index (χ2v) is 24.1. The number of hydrogen-bond donors (Lipinski definition) is 1. The molecule has 0 saturated carbocycles. The summed E-state index contributed by atoms with van der Waals surface area (Å²) in [6.45, 7) is 9.71. The maximum absolute atomic E-state index is 15.5. The fraction of sp³-hybridized carbons (Fsp3) is 0.400. The summed E-state index contributed by atoms with van der Waals surface area (Å²) in [4.78, 5) is 0. The monoisotopic (exact) mass is 1030 g/mol. The summed E-state index contributed by atoms with van der Waals surface area (Å²) in [7, 11) is -3.45. The molecule has 0 unspecified atom stereocenters. The molecule has 0 spiro atoms. The molecule has 3 fully saturated rings. The van der Waals surface area contributed by atoms with Gasteiger partial charge in [-0.2, -0.15) is 0 Å². The van der Waals surface area contributed by atoms with Crippen LogP contribution in [-0.2, 0) is 91.4 Å². The minimum atomic E-state index is -3.45. The Labute approximate surface area is 436 Å². The standard InChI is InChI=1S/C60H69O11PS/c1-59(2)60(3,4)72(59,61)71-55-53(65-38-46-29-17-8-18-30-46)51(64-37-45-27-15-7-16-28-45)49(41-62-35-43-23-11-5-12-24-43)68-57(55)70-52-50(42-63-36-44-25-13-6-14-26-44)69-58(73)56(67-40-48-33-21-10-22-34-48)54(52)66-39-47-31-19-9-20-32-47/h5-34,49-58,73H,35-42H2,1-4H3/t49-,50-,51-,52-,53+,54+,55-,56-,57+,58+/m1/s1. The molecule has 73 heavy (non-hydrogen) atoms. The Morgan fingerprint density at radius 3 is 1.10 bits per heavy atom. The molecule has 6 aromatic carbocycles. The third-order valence-corrected chi connectivity index (χ3v) is 19.4. The molecule has 0 N–H and O–H groups in total. The molecule has 10 atom stereocenters. The lowest BCUT2D eigenvalue weighted by Crippen LogP contribution is -2.65. The van der Waals surface area contributed by atoms with Crippen LogP contribution < -0.4 is 0 Å². The summed E-state index contributed by atoms with van der Waals surface area (Å²) in [6, 6.07) is 59.8. The molecule has 3 aliphatic rings. The van der Waals surface area contributed by atoms with E-state index in [1.807, 2.05) is 210 Å². The molecule has 0 amide bonds. The molecule has 0 aromatic heterocycles. The van der Waals surface area contributed by atoms with Crippen molar-refractivity contribution in [3.8, 4) is 0 Å². The van der Waals surface area contributed by atoms with Crippen LogP contribution in [-0.4, -0.2) is 84.1 Å². The van der Waals surface area contributed by atoms with E-state index in [-0.39, 0.29) is 39.6 Å². The van der Waals surface area contributed by atoms with Gasteiger partial charge in [-0.25, -0.2) is 0 Å². The van der Waals surface area contributed by atoms with Crippen LogP contribution in [0.15, 0.2) is 182 Å². The Morgan fingerprint density at radius 1 is 0.411 bits per heavy atom. The normalized spacial score (nSPS) is 27.0. The van der Waals surface area contributed by atoms with Crippen molar-refractivity contribution < 1.29 is 51.7 Å². The van der Waals surface area contributed by atoms with E-state index in [2.05, 4.69) is 0 Å². The minimum Gasteiger partial charge on any atom is -0.374 e. The van der Waals surface area contributed by atoms with Gasteiger partial charge in [0, 0.05) is 0 Å². The van der Waals surface area contributed by atoms with Crippen LogP contribution in [0.4, 0.5) is 0 Å². The van der Waals surface area contributed by atoms with Gasteiger partial charge in [-0.3, -0.25) is 4.57 Å². The molecule has 13 heteroatoms. The summed E-state index contributed by atoms with van der Waals surface area (Å²) in [5.74, 6) is 0. The summed E-state index contributed by atoms with van der Waals surface area (Å²) in [5.41, 5.74) is 5.07. The lowest BCUT2D eigenvalue weighted by molar-refractivity contribution is -0.349. The van der Waals surface area contributed by atoms with Crippen molar-refractivity contribution in [2.75, 3.05) is 13.2 Å². The molecule has 0 aliphatic carbocycles. The minimum absolute atomic E-state index is 0.0982. The van der Waals surface area contributed by atoms with Gasteiger partial charge in [-0.1, -0.05) is 182 Å². The Kier molecular flexibility index (Phi) is 18.2. The van der Waals surface area contributed by atoms with E-state index in [1.54, 1.807) is 0 Å². The van der Waals surface area contributed by atoms with Crippen molar-refractivity contribution in [1.29, 1.82) is 0 Å². The topological polar surface area (TPSA) is 109 Å². The van der Waals surface area contributed by atoms with Crippen molar-refractivity contribution in [3.05, 3.63) is 215 Å². The van der Waals surface area contributed by atoms with Crippen LogP contribution in [0, 0.1) is 0 Å². The Balaban J connectivity index is 1.12. The average molecular weight is 1030 g/mol. The van der Waals surface area contributed by atoms with Crippen LogP contribution in [0.1, 0.15) is 61.1 Å². The van der Waals surface area contributed by atoms with Crippen molar-refractivity contribution in [2.24, 2.45) is 0 Å². The van der Waals surface area contributed by atoms with Crippen molar-refractivity contribution >= 4 is 20.0 Å². The predicted molar refractivity (Wildman–Crippen MR) is 284 cm³/mol. The zero-order chi connectivity index (χ0) is 50.7. The van der Waals surface area contributed by atoms with Gasteiger partial charge in [-0.15, -0.1) is 12.6 Å². The highest BCUT2D eigenvalue weighted by Gasteiger charge is 2.78. The SMILES string of the molecule is CC1(C)C(C)(C)P1(=O)O[C@H]1[C@H](O[C@H]2[C@H](OCc3ccccc3)[C@@H](OCc3ccccc3)[C@H](S)O[C@@H]2COCc2ccccc2)O[C@H](COCc2ccccc2)[C@@H](OCc2ccccc2)[C@@H]1OCc1ccccc1. The van der Waals surface area contributed by atoms with Gasteiger partial charge in [0.2, 0.25) is 7.37 Å². The summed E-state index contributed by atoms with van der Waals surface area (Å²) in [5, 5.41) is -1.35. The second-order valence-electron chi connectivity index (χ2n) is 20.0. The van der Waals surface area contributed by atoms with E-state index >= 15 is 4.57 Å². The lowest BCUT2D eigenvalue weighted by atomic mass is 9.96.